The van der Waals surface area contributed by atoms with Crippen LogP contribution in [0.25, 0.3) is 0 Å². The smallest absolute Gasteiger partial charge is 0.288 e. The maximum atomic E-state index is 6.77. The molecule has 0 amide bonds. The van der Waals surface area contributed by atoms with E-state index in [-0.39, 0.29) is 6.10 Å². The fraction of sp³-hybridized carbons (Fsp3) is 0.130. The van der Waals surface area contributed by atoms with Gasteiger partial charge in [-0.05, 0) is 22.5 Å². The van der Waals surface area contributed by atoms with E-state index in [0.29, 0.717) is 6.61 Å². The quantitative estimate of drug-likeness (QED) is 0.349. The van der Waals surface area contributed by atoms with Crippen molar-refractivity contribution in [1.82, 2.24) is 0 Å². The Bertz CT molecular complexity index is 707. The van der Waals surface area contributed by atoms with Gasteiger partial charge in [0, 0.05) is 0 Å². The lowest BCUT2D eigenvalue weighted by atomic mass is 10.3. The van der Waals surface area contributed by atoms with E-state index in [1.54, 1.807) is 0 Å². The molecule has 0 unspecified atom stereocenters. The van der Waals surface area contributed by atoms with Crippen LogP contribution in [0.3, 0.4) is 0 Å². The predicted octanol–water partition coefficient (Wildman–Crippen LogP) is 3.22. The molecule has 1 atom stereocenters. The van der Waals surface area contributed by atoms with Gasteiger partial charge in [0.2, 0.25) is 0 Å². The molecule has 0 fully saturated rings. The van der Waals surface area contributed by atoms with Crippen molar-refractivity contribution in [2.45, 2.75) is 13.0 Å². The van der Waals surface area contributed by atoms with Crippen LogP contribution in [0.1, 0.15) is 6.92 Å². The summed E-state index contributed by atoms with van der Waals surface area (Å²) in [5.41, 5.74) is 0. The third-order valence-electron chi connectivity index (χ3n) is 4.40. The SMILES string of the molecule is C=CO[C@@H](C)CO[Si](c1ccccc1)(c1ccccc1)c1ccccc1. The minimum Gasteiger partial charge on any atom is -0.497 e. The molecule has 0 spiro atoms. The second kappa shape index (κ2) is 8.65. The molecule has 0 N–H and O–H groups in total. The van der Waals surface area contributed by atoms with E-state index >= 15 is 0 Å². The van der Waals surface area contributed by atoms with Gasteiger partial charge < -0.3 is 9.16 Å². The molecular weight excluding hydrogens is 336 g/mol. The molecule has 3 aromatic carbocycles. The van der Waals surface area contributed by atoms with E-state index < -0.39 is 8.32 Å². The lowest BCUT2D eigenvalue weighted by molar-refractivity contribution is 0.103. The van der Waals surface area contributed by atoms with Gasteiger partial charge in [0.1, 0.15) is 6.10 Å². The first-order valence-corrected chi connectivity index (χ1v) is 10.7. The van der Waals surface area contributed by atoms with Gasteiger partial charge in [0.25, 0.3) is 8.32 Å². The predicted molar refractivity (Wildman–Crippen MR) is 111 cm³/mol. The Labute approximate surface area is 156 Å². The van der Waals surface area contributed by atoms with Gasteiger partial charge in [-0.1, -0.05) is 97.6 Å². The third-order valence-corrected chi connectivity index (χ3v) is 8.44. The van der Waals surface area contributed by atoms with E-state index in [1.165, 1.54) is 21.8 Å². The molecule has 0 aliphatic carbocycles. The zero-order chi connectivity index (χ0) is 18.2. The van der Waals surface area contributed by atoms with Crippen molar-refractivity contribution in [1.29, 1.82) is 0 Å². The van der Waals surface area contributed by atoms with Crippen LogP contribution in [0.5, 0.6) is 0 Å². The summed E-state index contributed by atoms with van der Waals surface area (Å²) in [6, 6.07) is 31.6. The summed E-state index contributed by atoms with van der Waals surface area (Å²) < 4.78 is 12.3. The Hall–Kier alpha value is -2.62. The monoisotopic (exact) mass is 360 g/mol. The Morgan fingerprint density at radius 1 is 0.769 bits per heavy atom. The van der Waals surface area contributed by atoms with Gasteiger partial charge in [-0.2, -0.15) is 0 Å². The molecule has 0 bridgehead atoms. The Morgan fingerprint density at radius 3 is 1.50 bits per heavy atom. The van der Waals surface area contributed by atoms with Crippen LogP contribution in [0.4, 0.5) is 0 Å². The highest BCUT2D eigenvalue weighted by Gasteiger charge is 2.42. The van der Waals surface area contributed by atoms with Crippen LogP contribution >= 0.6 is 0 Å². The summed E-state index contributed by atoms with van der Waals surface area (Å²) >= 11 is 0. The van der Waals surface area contributed by atoms with E-state index in [1.807, 2.05) is 25.1 Å². The third kappa shape index (κ3) is 3.79. The molecule has 0 heterocycles. The molecule has 132 valence electrons. The summed E-state index contributed by atoms with van der Waals surface area (Å²) in [6.07, 6.45) is 1.42. The minimum absolute atomic E-state index is 0.0597. The van der Waals surface area contributed by atoms with E-state index in [2.05, 4.69) is 79.4 Å². The second-order valence-electron chi connectivity index (χ2n) is 6.20. The molecule has 26 heavy (non-hydrogen) atoms. The summed E-state index contributed by atoms with van der Waals surface area (Å²) in [6.45, 7) is 6.15. The van der Waals surface area contributed by atoms with Gasteiger partial charge in [-0.25, -0.2) is 0 Å². The van der Waals surface area contributed by atoms with Gasteiger partial charge >= 0.3 is 0 Å². The molecule has 3 aromatic rings. The first-order valence-electron chi connectivity index (χ1n) is 8.84. The number of ether oxygens (including phenoxy) is 1. The molecule has 3 heteroatoms. The number of hydrogen-bond donors (Lipinski definition) is 0. The lowest BCUT2D eigenvalue weighted by Gasteiger charge is -2.34. The number of rotatable bonds is 8. The van der Waals surface area contributed by atoms with Crippen molar-refractivity contribution in [2.24, 2.45) is 0 Å². The topological polar surface area (TPSA) is 18.5 Å². The molecular formula is C23H24O2Si. The van der Waals surface area contributed by atoms with Crippen LogP contribution < -0.4 is 15.6 Å². The van der Waals surface area contributed by atoms with Crippen LogP contribution in [0, 0.1) is 0 Å². The summed E-state index contributed by atoms with van der Waals surface area (Å²) in [4.78, 5) is 0. The molecule has 0 saturated carbocycles. The highest BCUT2D eigenvalue weighted by molar-refractivity contribution is 7.07. The van der Waals surface area contributed by atoms with Gasteiger partial charge in [0.05, 0.1) is 12.9 Å². The van der Waals surface area contributed by atoms with Crippen molar-refractivity contribution in [3.63, 3.8) is 0 Å². The molecule has 0 aliphatic heterocycles. The van der Waals surface area contributed by atoms with E-state index in [9.17, 15) is 0 Å². The summed E-state index contributed by atoms with van der Waals surface area (Å²) in [5, 5.41) is 3.68. The van der Waals surface area contributed by atoms with Crippen molar-refractivity contribution in [3.8, 4) is 0 Å². The number of benzene rings is 3. The zero-order valence-corrected chi connectivity index (χ0v) is 16.0. The largest absolute Gasteiger partial charge is 0.497 e. The maximum Gasteiger partial charge on any atom is 0.288 e. The maximum absolute atomic E-state index is 6.77. The highest BCUT2D eigenvalue weighted by atomic mass is 28.4. The first kappa shape index (κ1) is 18.2. The average Bonchev–Trinajstić information content (AvgIpc) is 2.71. The normalized spacial score (nSPS) is 12.3. The van der Waals surface area contributed by atoms with Gasteiger partial charge in [-0.15, -0.1) is 0 Å². The molecule has 2 nitrogen and oxygen atoms in total. The average molecular weight is 361 g/mol. The molecule has 0 aliphatic rings. The van der Waals surface area contributed by atoms with Crippen LogP contribution in [0.2, 0.25) is 0 Å². The molecule has 0 saturated heterocycles. The van der Waals surface area contributed by atoms with Gasteiger partial charge in [0.15, 0.2) is 0 Å². The van der Waals surface area contributed by atoms with E-state index in [0.717, 1.165) is 0 Å². The van der Waals surface area contributed by atoms with Crippen molar-refractivity contribution in [2.75, 3.05) is 6.61 Å². The summed E-state index contributed by atoms with van der Waals surface area (Å²) in [7, 11) is -2.63. The summed E-state index contributed by atoms with van der Waals surface area (Å²) in [5.74, 6) is 0. The fourth-order valence-electron chi connectivity index (χ4n) is 3.21. The zero-order valence-electron chi connectivity index (χ0n) is 15.0. The minimum atomic E-state index is -2.63. The molecule has 0 aromatic heterocycles. The van der Waals surface area contributed by atoms with Crippen molar-refractivity contribution >= 4 is 23.9 Å². The number of hydrogen-bond acceptors (Lipinski definition) is 2. The van der Waals surface area contributed by atoms with E-state index in [4.69, 9.17) is 9.16 Å². The van der Waals surface area contributed by atoms with Crippen LogP contribution in [-0.2, 0) is 9.16 Å². The van der Waals surface area contributed by atoms with Crippen LogP contribution in [0.15, 0.2) is 104 Å². The molecule has 0 radical (unpaired) electrons. The van der Waals surface area contributed by atoms with Crippen molar-refractivity contribution in [3.05, 3.63) is 104 Å². The fourth-order valence-corrected chi connectivity index (χ4v) is 7.18. The first-order chi connectivity index (χ1) is 12.8. The standard InChI is InChI=1S/C23H24O2Si/c1-3-24-20(2)19-25-26(21-13-7-4-8-14-21,22-15-9-5-10-16-22)23-17-11-6-12-18-23/h3-18,20H,1,19H2,2H3/t20-/m0/s1. The Morgan fingerprint density at radius 2 is 1.15 bits per heavy atom. The molecule has 3 rings (SSSR count). The highest BCUT2D eigenvalue weighted by Crippen LogP contribution is 2.11. The Balaban J connectivity index is 2.16. The van der Waals surface area contributed by atoms with Crippen LogP contribution in [-0.4, -0.2) is 21.0 Å². The lowest BCUT2D eigenvalue weighted by Crippen LogP contribution is -2.69. The van der Waals surface area contributed by atoms with Crippen molar-refractivity contribution < 1.29 is 9.16 Å². The second-order valence-corrected chi connectivity index (χ2v) is 9.59. The Kier molecular flexibility index (Phi) is 6.05. The van der Waals surface area contributed by atoms with Gasteiger partial charge in [-0.3, -0.25) is 0 Å².